The number of alkyl halides is 3. The van der Waals surface area contributed by atoms with Gasteiger partial charge in [0.1, 0.15) is 11.9 Å². The van der Waals surface area contributed by atoms with Crippen LogP contribution in [0.15, 0.2) is 18.2 Å². The molecule has 0 radical (unpaired) electrons. The van der Waals surface area contributed by atoms with E-state index in [4.69, 9.17) is 4.74 Å². The molecule has 1 aliphatic heterocycles. The van der Waals surface area contributed by atoms with Crippen LogP contribution in [0.4, 0.5) is 17.6 Å². The second kappa shape index (κ2) is 4.26. The minimum atomic E-state index is -4.62. The number of ether oxygens (including phenoxy) is 1. The standard InChI is InChI=1S/C12H10F4O2/c1-6-2-10(17)18-11(6)7-3-8(12(14,15)16)5-9(13)4-7/h3-6,11H,2H2,1H3/t6-,11+/m1/s1. The third kappa shape index (κ3) is 2.47. The summed E-state index contributed by atoms with van der Waals surface area (Å²) in [7, 11) is 0. The summed E-state index contributed by atoms with van der Waals surface area (Å²) in [6, 6.07) is 2.21. The Labute approximate surface area is 101 Å². The first kappa shape index (κ1) is 12.9. The molecule has 0 aliphatic carbocycles. The Kier molecular flexibility index (Phi) is 3.04. The summed E-state index contributed by atoms with van der Waals surface area (Å²) in [5, 5.41) is 0. The van der Waals surface area contributed by atoms with Gasteiger partial charge in [-0.15, -0.1) is 0 Å². The Morgan fingerprint density at radius 3 is 2.44 bits per heavy atom. The average Bonchev–Trinajstić information content (AvgIpc) is 2.55. The van der Waals surface area contributed by atoms with Crippen molar-refractivity contribution in [3.8, 4) is 0 Å². The smallest absolute Gasteiger partial charge is 0.416 e. The summed E-state index contributed by atoms with van der Waals surface area (Å²) < 4.78 is 55.7. The van der Waals surface area contributed by atoms with Crippen LogP contribution >= 0.6 is 0 Å². The quantitative estimate of drug-likeness (QED) is 0.572. The molecule has 18 heavy (non-hydrogen) atoms. The van der Waals surface area contributed by atoms with Crippen molar-refractivity contribution in [1.29, 1.82) is 0 Å². The van der Waals surface area contributed by atoms with E-state index in [2.05, 4.69) is 0 Å². The van der Waals surface area contributed by atoms with Crippen LogP contribution < -0.4 is 0 Å². The summed E-state index contributed by atoms with van der Waals surface area (Å²) in [4.78, 5) is 11.1. The van der Waals surface area contributed by atoms with Gasteiger partial charge in [0.2, 0.25) is 0 Å². The van der Waals surface area contributed by atoms with Gasteiger partial charge >= 0.3 is 12.1 Å². The summed E-state index contributed by atoms with van der Waals surface area (Å²) in [6.45, 7) is 1.67. The van der Waals surface area contributed by atoms with Crippen LogP contribution in [0.3, 0.4) is 0 Å². The monoisotopic (exact) mass is 262 g/mol. The van der Waals surface area contributed by atoms with Crippen molar-refractivity contribution in [2.75, 3.05) is 0 Å². The first-order valence-electron chi connectivity index (χ1n) is 5.34. The molecule has 2 rings (SSSR count). The minimum absolute atomic E-state index is 0.0423. The molecule has 0 amide bonds. The minimum Gasteiger partial charge on any atom is -0.457 e. The highest BCUT2D eigenvalue weighted by Crippen LogP contribution is 2.38. The van der Waals surface area contributed by atoms with E-state index in [1.54, 1.807) is 6.92 Å². The van der Waals surface area contributed by atoms with Crippen molar-refractivity contribution >= 4 is 5.97 Å². The molecule has 1 aromatic rings. The SMILES string of the molecule is C[C@@H]1CC(=O)O[C@@H]1c1cc(F)cc(C(F)(F)F)c1. The van der Waals surface area contributed by atoms with Crippen molar-refractivity contribution in [2.24, 2.45) is 5.92 Å². The third-order valence-corrected chi connectivity index (χ3v) is 2.84. The van der Waals surface area contributed by atoms with Crippen molar-refractivity contribution in [1.82, 2.24) is 0 Å². The zero-order valence-corrected chi connectivity index (χ0v) is 9.42. The molecule has 0 N–H and O–H groups in total. The molecule has 0 saturated carbocycles. The Hall–Kier alpha value is -1.59. The van der Waals surface area contributed by atoms with Crippen LogP contribution in [-0.4, -0.2) is 5.97 Å². The van der Waals surface area contributed by atoms with Gasteiger partial charge in [0.25, 0.3) is 0 Å². The molecule has 0 unspecified atom stereocenters. The number of halogens is 4. The van der Waals surface area contributed by atoms with Gasteiger partial charge in [-0.2, -0.15) is 13.2 Å². The van der Waals surface area contributed by atoms with Crippen LogP contribution in [-0.2, 0) is 15.7 Å². The van der Waals surface area contributed by atoms with Gasteiger partial charge in [-0.05, 0) is 23.8 Å². The van der Waals surface area contributed by atoms with E-state index in [0.717, 1.165) is 12.1 Å². The molecule has 98 valence electrons. The van der Waals surface area contributed by atoms with Crippen molar-refractivity contribution in [3.63, 3.8) is 0 Å². The Balaban J connectivity index is 2.40. The molecule has 6 heteroatoms. The molecular formula is C12H10F4O2. The molecule has 0 aromatic heterocycles. The van der Waals surface area contributed by atoms with Crippen LogP contribution in [0.5, 0.6) is 0 Å². The Morgan fingerprint density at radius 1 is 1.28 bits per heavy atom. The van der Waals surface area contributed by atoms with E-state index in [0.29, 0.717) is 6.07 Å². The zero-order valence-electron chi connectivity index (χ0n) is 9.42. The number of benzene rings is 1. The second-order valence-corrected chi connectivity index (χ2v) is 4.36. The fourth-order valence-corrected chi connectivity index (χ4v) is 2.01. The van der Waals surface area contributed by atoms with Gasteiger partial charge in [0, 0.05) is 5.92 Å². The molecule has 0 bridgehead atoms. The molecular weight excluding hydrogens is 252 g/mol. The topological polar surface area (TPSA) is 26.3 Å². The maximum absolute atomic E-state index is 13.2. The average molecular weight is 262 g/mol. The molecule has 1 aromatic carbocycles. The zero-order chi connectivity index (χ0) is 13.5. The fraction of sp³-hybridized carbons (Fsp3) is 0.417. The van der Waals surface area contributed by atoms with Crippen molar-refractivity contribution < 1.29 is 27.1 Å². The van der Waals surface area contributed by atoms with E-state index in [1.165, 1.54) is 0 Å². The maximum atomic E-state index is 13.2. The normalized spacial score (nSPS) is 24.2. The summed E-state index contributed by atoms with van der Waals surface area (Å²) in [6.07, 6.45) is -5.31. The highest BCUT2D eigenvalue weighted by atomic mass is 19.4. The van der Waals surface area contributed by atoms with Crippen molar-refractivity contribution in [3.05, 3.63) is 35.1 Å². The first-order chi connectivity index (χ1) is 8.27. The maximum Gasteiger partial charge on any atom is 0.416 e. The molecule has 0 spiro atoms. The lowest BCUT2D eigenvalue weighted by molar-refractivity contribution is -0.141. The molecule has 1 fully saturated rings. The summed E-state index contributed by atoms with van der Waals surface area (Å²) in [5.41, 5.74) is -1.03. The van der Waals surface area contributed by atoms with Crippen LogP contribution in [0.1, 0.15) is 30.6 Å². The van der Waals surface area contributed by atoms with Crippen LogP contribution in [0.25, 0.3) is 0 Å². The van der Waals surface area contributed by atoms with Gasteiger partial charge in [-0.3, -0.25) is 4.79 Å². The van der Waals surface area contributed by atoms with Gasteiger partial charge in [-0.1, -0.05) is 6.92 Å². The van der Waals surface area contributed by atoms with Gasteiger partial charge in [0.15, 0.2) is 0 Å². The van der Waals surface area contributed by atoms with Crippen LogP contribution in [0.2, 0.25) is 0 Å². The predicted molar refractivity (Wildman–Crippen MR) is 54.0 cm³/mol. The first-order valence-corrected chi connectivity index (χ1v) is 5.34. The van der Waals surface area contributed by atoms with Gasteiger partial charge in [0.05, 0.1) is 12.0 Å². The van der Waals surface area contributed by atoms with Gasteiger partial charge in [-0.25, -0.2) is 4.39 Å². The molecule has 1 heterocycles. The number of hydrogen-bond acceptors (Lipinski definition) is 2. The number of hydrogen-bond donors (Lipinski definition) is 0. The second-order valence-electron chi connectivity index (χ2n) is 4.36. The number of cyclic esters (lactones) is 1. The fourth-order valence-electron chi connectivity index (χ4n) is 2.01. The molecule has 2 nitrogen and oxygen atoms in total. The van der Waals surface area contributed by atoms with Crippen LogP contribution in [0, 0.1) is 11.7 Å². The van der Waals surface area contributed by atoms with E-state index in [1.807, 2.05) is 0 Å². The number of rotatable bonds is 1. The number of carbonyl (C=O) groups is 1. The van der Waals surface area contributed by atoms with E-state index in [-0.39, 0.29) is 17.9 Å². The predicted octanol–water partition coefficient (Wildman–Crippen LogP) is 3.47. The Bertz CT molecular complexity index is 481. The van der Waals surface area contributed by atoms with E-state index in [9.17, 15) is 22.4 Å². The number of esters is 1. The number of carbonyl (C=O) groups excluding carboxylic acids is 1. The largest absolute Gasteiger partial charge is 0.457 e. The lowest BCUT2D eigenvalue weighted by Crippen LogP contribution is -2.10. The summed E-state index contributed by atoms with van der Waals surface area (Å²) in [5.74, 6) is -1.74. The lowest BCUT2D eigenvalue weighted by atomic mass is 9.95. The highest BCUT2D eigenvalue weighted by molar-refractivity contribution is 5.72. The molecule has 2 atom stereocenters. The van der Waals surface area contributed by atoms with Gasteiger partial charge < -0.3 is 4.74 Å². The molecule has 1 saturated heterocycles. The third-order valence-electron chi connectivity index (χ3n) is 2.84. The molecule has 1 aliphatic rings. The lowest BCUT2D eigenvalue weighted by Gasteiger charge is -2.16. The Morgan fingerprint density at radius 2 is 1.94 bits per heavy atom. The van der Waals surface area contributed by atoms with E-state index >= 15 is 0 Å². The van der Waals surface area contributed by atoms with E-state index < -0.39 is 29.6 Å². The highest BCUT2D eigenvalue weighted by Gasteiger charge is 2.36. The summed E-state index contributed by atoms with van der Waals surface area (Å²) >= 11 is 0. The van der Waals surface area contributed by atoms with Crippen molar-refractivity contribution in [2.45, 2.75) is 25.6 Å².